The predicted molar refractivity (Wildman–Crippen MR) is 80.1 cm³/mol. The van der Waals surface area contributed by atoms with Crippen molar-refractivity contribution in [2.24, 2.45) is 0 Å². The van der Waals surface area contributed by atoms with Crippen molar-refractivity contribution in [3.05, 3.63) is 24.1 Å². The summed E-state index contributed by atoms with van der Waals surface area (Å²) in [5, 5.41) is 0. The number of carbonyl (C=O) groups is 1. The van der Waals surface area contributed by atoms with Crippen LogP contribution in [0.3, 0.4) is 0 Å². The van der Waals surface area contributed by atoms with Crippen LogP contribution in [-0.2, 0) is 4.79 Å². The summed E-state index contributed by atoms with van der Waals surface area (Å²) in [6.45, 7) is 5.15. The normalized spacial score (nSPS) is 23.7. The van der Waals surface area contributed by atoms with Crippen LogP contribution in [0.4, 0.5) is 4.39 Å². The molecule has 2 fully saturated rings. The SMILES string of the molecule is CC(=O)N1CCC(N2CCC(Oc3cccc(F)n3)C2)CC1. The van der Waals surface area contributed by atoms with E-state index in [1.165, 1.54) is 6.07 Å². The Bertz CT molecular complexity index is 532. The third-order valence-corrected chi connectivity index (χ3v) is 4.58. The Balaban J connectivity index is 1.49. The molecule has 120 valence electrons. The van der Waals surface area contributed by atoms with Crippen LogP contribution in [0.5, 0.6) is 5.88 Å². The predicted octanol–water partition coefficient (Wildman–Crippen LogP) is 1.68. The van der Waals surface area contributed by atoms with E-state index in [0.717, 1.165) is 45.4 Å². The second-order valence-electron chi connectivity index (χ2n) is 6.06. The molecule has 22 heavy (non-hydrogen) atoms. The molecule has 0 saturated carbocycles. The van der Waals surface area contributed by atoms with E-state index in [1.54, 1.807) is 19.1 Å². The van der Waals surface area contributed by atoms with Crippen LogP contribution >= 0.6 is 0 Å². The Labute approximate surface area is 130 Å². The van der Waals surface area contributed by atoms with Gasteiger partial charge in [0, 0.05) is 45.2 Å². The number of halogens is 1. The van der Waals surface area contributed by atoms with E-state index < -0.39 is 5.95 Å². The van der Waals surface area contributed by atoms with Gasteiger partial charge in [-0.05, 0) is 25.3 Å². The van der Waals surface area contributed by atoms with Gasteiger partial charge in [-0.3, -0.25) is 9.69 Å². The highest BCUT2D eigenvalue weighted by Crippen LogP contribution is 2.23. The fourth-order valence-corrected chi connectivity index (χ4v) is 3.35. The highest BCUT2D eigenvalue weighted by atomic mass is 19.1. The number of nitrogens with zero attached hydrogens (tertiary/aromatic N) is 3. The molecule has 1 amide bonds. The van der Waals surface area contributed by atoms with E-state index in [0.29, 0.717) is 11.9 Å². The maximum absolute atomic E-state index is 13.1. The van der Waals surface area contributed by atoms with Gasteiger partial charge in [-0.1, -0.05) is 6.07 Å². The van der Waals surface area contributed by atoms with Crippen molar-refractivity contribution in [1.29, 1.82) is 0 Å². The largest absolute Gasteiger partial charge is 0.473 e. The van der Waals surface area contributed by atoms with Crippen LogP contribution in [-0.4, -0.2) is 59.0 Å². The number of hydrogen-bond donors (Lipinski definition) is 0. The van der Waals surface area contributed by atoms with Gasteiger partial charge in [-0.2, -0.15) is 9.37 Å². The van der Waals surface area contributed by atoms with Crippen LogP contribution in [0.25, 0.3) is 0 Å². The Kier molecular flexibility index (Phi) is 4.57. The molecule has 0 N–H and O–H groups in total. The highest BCUT2D eigenvalue weighted by Gasteiger charge is 2.32. The first-order chi connectivity index (χ1) is 10.6. The molecule has 2 aliphatic rings. The van der Waals surface area contributed by atoms with Gasteiger partial charge in [0.1, 0.15) is 6.10 Å². The van der Waals surface area contributed by atoms with Gasteiger partial charge in [-0.25, -0.2) is 0 Å². The average Bonchev–Trinajstić information content (AvgIpc) is 2.96. The van der Waals surface area contributed by atoms with Crippen LogP contribution in [0.2, 0.25) is 0 Å². The lowest BCUT2D eigenvalue weighted by Gasteiger charge is -2.36. The molecule has 3 rings (SSSR count). The number of carbonyl (C=O) groups excluding carboxylic acids is 1. The fraction of sp³-hybridized carbons (Fsp3) is 0.625. The number of piperidine rings is 1. The summed E-state index contributed by atoms with van der Waals surface area (Å²) in [6.07, 6.45) is 3.04. The summed E-state index contributed by atoms with van der Waals surface area (Å²) >= 11 is 0. The van der Waals surface area contributed by atoms with E-state index in [4.69, 9.17) is 4.74 Å². The summed E-state index contributed by atoms with van der Waals surface area (Å²) in [7, 11) is 0. The molecular formula is C16H22FN3O2. The molecular weight excluding hydrogens is 285 g/mol. The van der Waals surface area contributed by atoms with Crippen LogP contribution < -0.4 is 4.74 Å². The number of rotatable bonds is 3. The Morgan fingerprint density at radius 1 is 1.27 bits per heavy atom. The van der Waals surface area contributed by atoms with E-state index in [-0.39, 0.29) is 12.0 Å². The Morgan fingerprint density at radius 3 is 2.73 bits per heavy atom. The first-order valence-corrected chi connectivity index (χ1v) is 7.90. The van der Waals surface area contributed by atoms with Crippen LogP contribution in [0, 0.1) is 5.95 Å². The molecule has 1 aromatic heterocycles. The van der Waals surface area contributed by atoms with Gasteiger partial charge in [-0.15, -0.1) is 0 Å². The highest BCUT2D eigenvalue weighted by molar-refractivity contribution is 5.73. The van der Waals surface area contributed by atoms with Gasteiger partial charge in [0.25, 0.3) is 0 Å². The first kappa shape index (κ1) is 15.2. The first-order valence-electron chi connectivity index (χ1n) is 7.90. The van der Waals surface area contributed by atoms with Crippen molar-refractivity contribution >= 4 is 5.91 Å². The summed E-state index contributed by atoms with van der Waals surface area (Å²) < 4.78 is 18.9. The van der Waals surface area contributed by atoms with Gasteiger partial charge >= 0.3 is 0 Å². The van der Waals surface area contributed by atoms with Gasteiger partial charge in [0.2, 0.25) is 17.7 Å². The smallest absolute Gasteiger partial charge is 0.219 e. The molecule has 0 spiro atoms. The lowest BCUT2D eigenvalue weighted by Crippen LogP contribution is -2.45. The van der Waals surface area contributed by atoms with E-state index in [9.17, 15) is 9.18 Å². The van der Waals surface area contributed by atoms with Crippen LogP contribution in [0.15, 0.2) is 18.2 Å². The molecule has 3 heterocycles. The van der Waals surface area contributed by atoms with E-state index in [1.807, 2.05) is 4.90 Å². The van der Waals surface area contributed by atoms with Gasteiger partial charge in [0.05, 0.1) is 0 Å². The minimum atomic E-state index is -0.510. The summed E-state index contributed by atoms with van der Waals surface area (Å²) in [6, 6.07) is 5.14. The standard InChI is InChI=1S/C16H22FN3O2/c1-12(21)19-8-5-13(6-9-19)20-10-7-14(11-20)22-16-4-2-3-15(17)18-16/h2-4,13-14H,5-11H2,1H3. The lowest BCUT2D eigenvalue weighted by molar-refractivity contribution is -0.130. The second-order valence-corrected chi connectivity index (χ2v) is 6.06. The zero-order valence-corrected chi connectivity index (χ0v) is 12.9. The van der Waals surface area contributed by atoms with Crippen molar-refractivity contribution in [3.8, 4) is 5.88 Å². The number of aromatic nitrogens is 1. The molecule has 6 heteroatoms. The molecule has 1 unspecified atom stereocenters. The molecule has 1 aromatic rings. The Morgan fingerprint density at radius 2 is 2.05 bits per heavy atom. The van der Waals surface area contributed by atoms with E-state index >= 15 is 0 Å². The fourth-order valence-electron chi connectivity index (χ4n) is 3.35. The third-order valence-electron chi connectivity index (χ3n) is 4.58. The molecule has 1 atom stereocenters. The van der Waals surface area contributed by atoms with Crippen molar-refractivity contribution in [1.82, 2.24) is 14.8 Å². The molecule has 2 saturated heterocycles. The quantitative estimate of drug-likeness (QED) is 0.797. The molecule has 5 nitrogen and oxygen atoms in total. The molecule has 0 bridgehead atoms. The summed E-state index contributed by atoms with van der Waals surface area (Å²) in [5.74, 6) is 0.0143. The van der Waals surface area contributed by atoms with Gasteiger partial charge in [0.15, 0.2) is 0 Å². The van der Waals surface area contributed by atoms with Crippen molar-refractivity contribution < 1.29 is 13.9 Å². The second kappa shape index (κ2) is 6.60. The molecule has 0 aromatic carbocycles. The monoisotopic (exact) mass is 307 g/mol. The minimum absolute atomic E-state index is 0.0696. The molecule has 0 radical (unpaired) electrons. The van der Waals surface area contributed by atoms with E-state index in [2.05, 4.69) is 9.88 Å². The number of amides is 1. The summed E-state index contributed by atoms with van der Waals surface area (Å²) in [4.78, 5) is 19.5. The maximum atomic E-state index is 13.1. The number of pyridine rings is 1. The summed E-state index contributed by atoms with van der Waals surface area (Å²) in [5.41, 5.74) is 0. The Hall–Kier alpha value is -1.69. The number of hydrogen-bond acceptors (Lipinski definition) is 4. The molecule has 2 aliphatic heterocycles. The van der Waals surface area contributed by atoms with Crippen molar-refractivity contribution in [2.45, 2.75) is 38.3 Å². The molecule has 0 aliphatic carbocycles. The van der Waals surface area contributed by atoms with Crippen LogP contribution in [0.1, 0.15) is 26.2 Å². The zero-order valence-electron chi connectivity index (χ0n) is 12.9. The number of ether oxygens (including phenoxy) is 1. The minimum Gasteiger partial charge on any atom is -0.473 e. The topological polar surface area (TPSA) is 45.7 Å². The zero-order chi connectivity index (χ0) is 15.5. The third kappa shape index (κ3) is 3.55. The number of likely N-dealkylation sites (tertiary alicyclic amines) is 2. The maximum Gasteiger partial charge on any atom is 0.219 e. The van der Waals surface area contributed by atoms with Crippen molar-refractivity contribution in [3.63, 3.8) is 0 Å². The van der Waals surface area contributed by atoms with Crippen molar-refractivity contribution in [2.75, 3.05) is 26.2 Å². The van der Waals surface area contributed by atoms with Gasteiger partial charge < -0.3 is 9.64 Å². The lowest BCUT2D eigenvalue weighted by atomic mass is 10.0. The average molecular weight is 307 g/mol.